The summed E-state index contributed by atoms with van der Waals surface area (Å²) in [5.74, 6) is 1.32. The zero-order valence-electron chi connectivity index (χ0n) is 11.9. The number of nitrogens with one attached hydrogen (secondary N) is 2. The van der Waals surface area contributed by atoms with Crippen LogP contribution in [0.15, 0.2) is 40.3 Å². The first-order valence-electron chi connectivity index (χ1n) is 6.71. The van der Waals surface area contributed by atoms with Crippen molar-refractivity contribution in [1.82, 2.24) is 20.4 Å². The van der Waals surface area contributed by atoms with Crippen molar-refractivity contribution in [3.8, 4) is 0 Å². The summed E-state index contributed by atoms with van der Waals surface area (Å²) in [5, 5.41) is 15.1. The maximum absolute atomic E-state index is 4.23. The van der Waals surface area contributed by atoms with Crippen molar-refractivity contribution in [1.29, 1.82) is 0 Å². The molecule has 0 aliphatic carbocycles. The molecule has 6 heteroatoms. The average molecular weight is 291 g/mol. The van der Waals surface area contributed by atoms with Gasteiger partial charge < -0.3 is 10.6 Å². The van der Waals surface area contributed by atoms with E-state index in [1.54, 1.807) is 18.4 Å². The molecule has 2 aromatic heterocycles. The minimum Gasteiger partial charge on any atom is -0.356 e. The number of aliphatic imine (C=N–C) groups is 1. The Bertz CT molecular complexity index is 504. The SMILES string of the molecule is CN=C(NCc1ccsc1)NCC(C)Cn1cccn1. The quantitative estimate of drug-likeness (QED) is 0.632. The highest BCUT2D eigenvalue weighted by Crippen LogP contribution is 2.04. The van der Waals surface area contributed by atoms with Gasteiger partial charge in [0.1, 0.15) is 0 Å². The van der Waals surface area contributed by atoms with Crippen molar-refractivity contribution >= 4 is 17.3 Å². The lowest BCUT2D eigenvalue weighted by Gasteiger charge is -2.16. The van der Waals surface area contributed by atoms with Crippen LogP contribution in [0, 0.1) is 5.92 Å². The molecule has 0 aliphatic heterocycles. The molecule has 0 saturated heterocycles. The molecule has 0 amide bonds. The van der Waals surface area contributed by atoms with Crippen LogP contribution in [0.4, 0.5) is 0 Å². The standard InChI is InChI=1S/C14H21N5S/c1-12(10-19-6-3-5-18-19)8-16-14(15-2)17-9-13-4-7-20-11-13/h3-7,11-12H,8-10H2,1-2H3,(H2,15,16,17). The van der Waals surface area contributed by atoms with Gasteiger partial charge >= 0.3 is 0 Å². The molecule has 108 valence electrons. The Balaban J connectivity index is 1.70. The van der Waals surface area contributed by atoms with Crippen LogP contribution in [-0.2, 0) is 13.1 Å². The number of hydrogen-bond donors (Lipinski definition) is 2. The second kappa shape index (κ2) is 7.69. The van der Waals surface area contributed by atoms with Gasteiger partial charge in [0.05, 0.1) is 0 Å². The summed E-state index contributed by atoms with van der Waals surface area (Å²) < 4.78 is 1.95. The zero-order chi connectivity index (χ0) is 14.2. The number of nitrogens with zero attached hydrogens (tertiary/aromatic N) is 3. The molecule has 0 fully saturated rings. The molecule has 1 atom stereocenters. The van der Waals surface area contributed by atoms with Gasteiger partial charge in [-0.05, 0) is 34.4 Å². The zero-order valence-corrected chi connectivity index (χ0v) is 12.7. The average Bonchev–Trinajstić information content (AvgIpc) is 3.12. The Morgan fingerprint density at radius 2 is 2.40 bits per heavy atom. The fourth-order valence-corrected chi connectivity index (χ4v) is 2.53. The monoisotopic (exact) mass is 291 g/mol. The fourth-order valence-electron chi connectivity index (χ4n) is 1.86. The highest BCUT2D eigenvalue weighted by molar-refractivity contribution is 7.07. The van der Waals surface area contributed by atoms with Gasteiger partial charge in [-0.15, -0.1) is 0 Å². The van der Waals surface area contributed by atoms with Gasteiger partial charge in [0.2, 0.25) is 0 Å². The van der Waals surface area contributed by atoms with Gasteiger partial charge in [-0.1, -0.05) is 6.92 Å². The van der Waals surface area contributed by atoms with Crippen molar-refractivity contribution in [3.63, 3.8) is 0 Å². The first-order valence-corrected chi connectivity index (χ1v) is 7.65. The largest absolute Gasteiger partial charge is 0.356 e. The fraction of sp³-hybridized carbons (Fsp3) is 0.429. The lowest BCUT2D eigenvalue weighted by atomic mass is 10.2. The predicted molar refractivity (Wildman–Crippen MR) is 83.9 cm³/mol. The summed E-state index contributed by atoms with van der Waals surface area (Å²) in [4.78, 5) is 4.23. The Hall–Kier alpha value is -1.82. The van der Waals surface area contributed by atoms with Gasteiger partial charge in [0.25, 0.3) is 0 Å². The van der Waals surface area contributed by atoms with Gasteiger partial charge in [-0.25, -0.2) is 0 Å². The van der Waals surface area contributed by atoms with Gasteiger partial charge in [-0.3, -0.25) is 9.67 Å². The van der Waals surface area contributed by atoms with Crippen LogP contribution in [0.5, 0.6) is 0 Å². The maximum Gasteiger partial charge on any atom is 0.191 e. The van der Waals surface area contributed by atoms with Crippen LogP contribution in [0.3, 0.4) is 0 Å². The Labute approximate surface area is 123 Å². The van der Waals surface area contributed by atoms with Crippen molar-refractivity contribution in [2.45, 2.75) is 20.0 Å². The first-order chi connectivity index (χ1) is 9.78. The van der Waals surface area contributed by atoms with E-state index in [1.807, 2.05) is 23.1 Å². The molecule has 2 aromatic rings. The third-order valence-electron chi connectivity index (χ3n) is 2.94. The normalized spacial score (nSPS) is 13.2. The number of guanidine groups is 1. The molecule has 0 aliphatic rings. The lowest BCUT2D eigenvalue weighted by Crippen LogP contribution is -2.39. The second-order valence-electron chi connectivity index (χ2n) is 4.77. The molecule has 2 heterocycles. The van der Waals surface area contributed by atoms with Crippen molar-refractivity contribution in [3.05, 3.63) is 40.8 Å². The summed E-state index contributed by atoms with van der Waals surface area (Å²) in [6.45, 7) is 4.77. The molecule has 0 spiro atoms. The third-order valence-corrected chi connectivity index (χ3v) is 3.67. The van der Waals surface area contributed by atoms with E-state index in [1.165, 1.54) is 5.56 Å². The minimum absolute atomic E-state index is 0.481. The van der Waals surface area contributed by atoms with E-state index in [2.05, 4.69) is 44.5 Å². The summed E-state index contributed by atoms with van der Waals surface area (Å²) >= 11 is 1.71. The summed E-state index contributed by atoms with van der Waals surface area (Å²) in [5.41, 5.74) is 1.28. The van der Waals surface area contributed by atoms with Crippen LogP contribution in [-0.4, -0.2) is 29.3 Å². The molecular weight excluding hydrogens is 270 g/mol. The van der Waals surface area contributed by atoms with E-state index in [9.17, 15) is 0 Å². The van der Waals surface area contributed by atoms with Gasteiger partial charge in [-0.2, -0.15) is 16.4 Å². The van der Waals surface area contributed by atoms with Crippen molar-refractivity contribution in [2.75, 3.05) is 13.6 Å². The number of aromatic nitrogens is 2. The van der Waals surface area contributed by atoms with Crippen LogP contribution < -0.4 is 10.6 Å². The smallest absolute Gasteiger partial charge is 0.191 e. The van der Waals surface area contributed by atoms with Crippen LogP contribution in [0.25, 0.3) is 0 Å². The van der Waals surface area contributed by atoms with Gasteiger partial charge in [0, 0.05) is 39.1 Å². The van der Waals surface area contributed by atoms with Crippen LogP contribution >= 0.6 is 11.3 Å². The summed E-state index contributed by atoms with van der Waals surface area (Å²) in [6.07, 6.45) is 3.79. The molecule has 20 heavy (non-hydrogen) atoms. The molecular formula is C14H21N5S. The number of rotatable bonds is 6. The van der Waals surface area contributed by atoms with Crippen molar-refractivity contribution < 1.29 is 0 Å². The highest BCUT2D eigenvalue weighted by Gasteiger charge is 2.05. The van der Waals surface area contributed by atoms with E-state index < -0.39 is 0 Å². The molecule has 0 bridgehead atoms. The molecule has 0 saturated carbocycles. The maximum atomic E-state index is 4.23. The van der Waals surface area contributed by atoms with Gasteiger partial charge in [0.15, 0.2) is 5.96 Å². The van der Waals surface area contributed by atoms with E-state index in [-0.39, 0.29) is 0 Å². The summed E-state index contributed by atoms with van der Waals surface area (Å²) in [7, 11) is 1.79. The third kappa shape index (κ3) is 4.70. The van der Waals surface area contributed by atoms with E-state index in [4.69, 9.17) is 0 Å². The predicted octanol–water partition coefficient (Wildman–Crippen LogP) is 1.95. The Morgan fingerprint density at radius 3 is 3.05 bits per heavy atom. The van der Waals surface area contributed by atoms with Crippen molar-refractivity contribution in [2.24, 2.45) is 10.9 Å². The van der Waals surface area contributed by atoms with E-state index >= 15 is 0 Å². The molecule has 5 nitrogen and oxygen atoms in total. The molecule has 2 rings (SSSR count). The van der Waals surface area contributed by atoms with Crippen LogP contribution in [0.1, 0.15) is 12.5 Å². The number of thiophene rings is 1. The molecule has 0 radical (unpaired) electrons. The Morgan fingerprint density at radius 1 is 1.50 bits per heavy atom. The lowest BCUT2D eigenvalue weighted by molar-refractivity contribution is 0.443. The topological polar surface area (TPSA) is 54.2 Å². The van der Waals surface area contributed by atoms with E-state index in [0.717, 1.165) is 25.6 Å². The Kier molecular flexibility index (Phi) is 5.61. The van der Waals surface area contributed by atoms with Crippen LogP contribution in [0.2, 0.25) is 0 Å². The molecule has 2 N–H and O–H groups in total. The minimum atomic E-state index is 0.481. The first kappa shape index (κ1) is 14.6. The summed E-state index contributed by atoms with van der Waals surface area (Å²) in [6, 6.07) is 4.06. The molecule has 1 unspecified atom stereocenters. The highest BCUT2D eigenvalue weighted by atomic mass is 32.1. The van der Waals surface area contributed by atoms with E-state index in [0.29, 0.717) is 5.92 Å². The molecule has 0 aromatic carbocycles. The second-order valence-corrected chi connectivity index (χ2v) is 5.55. The number of hydrogen-bond acceptors (Lipinski definition) is 3.